The number of benzene rings is 2. The van der Waals surface area contributed by atoms with Gasteiger partial charge in [0.15, 0.2) is 0 Å². The molecule has 112 valence electrons. The Hall–Kier alpha value is -1.39. The summed E-state index contributed by atoms with van der Waals surface area (Å²) >= 11 is 11.9. The van der Waals surface area contributed by atoms with Crippen LogP contribution in [0, 0.1) is 0 Å². The van der Waals surface area contributed by atoms with Crippen LogP contribution in [0.25, 0.3) is 0 Å². The van der Waals surface area contributed by atoms with E-state index in [9.17, 15) is 13.2 Å². The molecule has 0 aliphatic heterocycles. The van der Waals surface area contributed by atoms with E-state index in [0.29, 0.717) is 15.7 Å². The number of hydrogen-bond donors (Lipinski definition) is 1. The highest BCUT2D eigenvalue weighted by atomic mass is 35.5. The van der Waals surface area contributed by atoms with Crippen molar-refractivity contribution in [1.29, 1.82) is 0 Å². The summed E-state index contributed by atoms with van der Waals surface area (Å²) in [5.74, 6) is 0. The molecule has 0 fully saturated rings. The van der Waals surface area contributed by atoms with Gasteiger partial charge >= 0.3 is 6.18 Å². The molecule has 0 amide bonds. The largest absolute Gasteiger partial charge is 0.416 e. The molecule has 0 saturated carbocycles. The Labute approximate surface area is 130 Å². The highest BCUT2D eigenvalue weighted by Crippen LogP contribution is 2.36. The minimum absolute atomic E-state index is 0.154. The van der Waals surface area contributed by atoms with E-state index in [4.69, 9.17) is 23.2 Å². The first-order chi connectivity index (χ1) is 9.79. The van der Waals surface area contributed by atoms with E-state index < -0.39 is 17.8 Å². The van der Waals surface area contributed by atoms with Crippen molar-refractivity contribution in [2.75, 3.05) is 5.32 Å². The Morgan fingerprint density at radius 3 is 2.38 bits per heavy atom. The van der Waals surface area contributed by atoms with Gasteiger partial charge in [0, 0.05) is 11.1 Å². The highest BCUT2D eigenvalue weighted by Gasteiger charge is 2.34. The molecule has 2 rings (SSSR count). The van der Waals surface area contributed by atoms with Crippen molar-refractivity contribution in [2.45, 2.75) is 19.1 Å². The predicted molar refractivity (Wildman–Crippen MR) is 79.9 cm³/mol. The number of halogens is 5. The average molecular weight is 334 g/mol. The van der Waals surface area contributed by atoms with Crippen molar-refractivity contribution in [3.05, 3.63) is 63.6 Å². The lowest BCUT2D eigenvalue weighted by Gasteiger charge is -2.21. The molecule has 0 aromatic heterocycles. The molecule has 1 N–H and O–H groups in total. The molecule has 0 saturated heterocycles. The number of nitrogens with one attached hydrogen (secondary N) is 1. The summed E-state index contributed by atoms with van der Waals surface area (Å²) in [6.45, 7) is 1.64. The minimum Gasteiger partial charge on any atom is -0.377 e. The van der Waals surface area contributed by atoms with Gasteiger partial charge in [0.05, 0.1) is 16.3 Å². The molecular weight excluding hydrogens is 322 g/mol. The van der Waals surface area contributed by atoms with Crippen LogP contribution in [-0.4, -0.2) is 0 Å². The highest BCUT2D eigenvalue weighted by molar-refractivity contribution is 6.35. The van der Waals surface area contributed by atoms with E-state index in [2.05, 4.69) is 5.32 Å². The fourth-order valence-electron chi connectivity index (χ4n) is 2.05. The quantitative estimate of drug-likeness (QED) is 0.706. The smallest absolute Gasteiger partial charge is 0.377 e. The van der Waals surface area contributed by atoms with Crippen molar-refractivity contribution in [3.8, 4) is 0 Å². The number of alkyl halides is 3. The first kappa shape index (κ1) is 16.0. The maximum atomic E-state index is 13.0. The molecule has 1 unspecified atom stereocenters. The third kappa shape index (κ3) is 3.83. The number of rotatable bonds is 3. The second kappa shape index (κ2) is 6.16. The van der Waals surface area contributed by atoms with Gasteiger partial charge in [-0.2, -0.15) is 13.2 Å². The first-order valence-corrected chi connectivity index (χ1v) is 6.92. The van der Waals surface area contributed by atoms with Crippen LogP contribution < -0.4 is 5.32 Å². The standard InChI is InChI=1S/C15H12Cl2F3N/c1-9(21-14-8-10(16)6-7-13(14)17)11-4-2-3-5-12(11)15(18,19)20/h2-9,21H,1H3. The van der Waals surface area contributed by atoms with Gasteiger partial charge in [-0.3, -0.25) is 0 Å². The van der Waals surface area contributed by atoms with Crippen molar-refractivity contribution >= 4 is 28.9 Å². The van der Waals surface area contributed by atoms with Crippen LogP contribution in [0.4, 0.5) is 18.9 Å². The van der Waals surface area contributed by atoms with Crippen LogP contribution in [0.5, 0.6) is 0 Å². The summed E-state index contributed by atoms with van der Waals surface area (Å²) in [7, 11) is 0. The summed E-state index contributed by atoms with van der Waals surface area (Å²) < 4.78 is 39.0. The monoisotopic (exact) mass is 333 g/mol. The fraction of sp³-hybridized carbons (Fsp3) is 0.200. The second-order valence-electron chi connectivity index (χ2n) is 4.58. The van der Waals surface area contributed by atoms with Gasteiger partial charge in [-0.25, -0.2) is 0 Å². The normalized spacial score (nSPS) is 13.0. The maximum Gasteiger partial charge on any atom is 0.416 e. The van der Waals surface area contributed by atoms with Crippen LogP contribution >= 0.6 is 23.2 Å². The number of hydrogen-bond acceptors (Lipinski definition) is 1. The number of anilines is 1. The van der Waals surface area contributed by atoms with Crippen molar-refractivity contribution in [1.82, 2.24) is 0 Å². The molecule has 0 aliphatic carbocycles. The van der Waals surface area contributed by atoms with Crippen LogP contribution in [0.3, 0.4) is 0 Å². The van der Waals surface area contributed by atoms with Gasteiger partial charge < -0.3 is 5.32 Å². The predicted octanol–water partition coefficient (Wildman–Crippen LogP) is 6.19. The molecule has 1 atom stereocenters. The lowest BCUT2D eigenvalue weighted by atomic mass is 10.0. The lowest BCUT2D eigenvalue weighted by Crippen LogP contribution is -2.15. The van der Waals surface area contributed by atoms with E-state index in [1.54, 1.807) is 31.2 Å². The lowest BCUT2D eigenvalue weighted by molar-refractivity contribution is -0.138. The summed E-state index contributed by atoms with van der Waals surface area (Å²) in [6, 6.07) is 9.66. The average Bonchev–Trinajstić information content (AvgIpc) is 2.42. The van der Waals surface area contributed by atoms with Crippen LogP contribution in [0.1, 0.15) is 24.1 Å². The van der Waals surface area contributed by atoms with Gasteiger partial charge in [0.1, 0.15) is 0 Å². The Kier molecular flexibility index (Phi) is 4.69. The molecule has 0 heterocycles. The van der Waals surface area contributed by atoms with Gasteiger partial charge in [-0.05, 0) is 36.8 Å². The van der Waals surface area contributed by atoms with E-state index in [-0.39, 0.29) is 5.56 Å². The molecule has 2 aromatic carbocycles. The van der Waals surface area contributed by atoms with Crippen molar-refractivity contribution in [3.63, 3.8) is 0 Å². The molecule has 2 aromatic rings. The van der Waals surface area contributed by atoms with Crippen molar-refractivity contribution < 1.29 is 13.2 Å². The summed E-state index contributed by atoms with van der Waals surface area (Å²) in [5, 5.41) is 3.82. The van der Waals surface area contributed by atoms with Gasteiger partial charge in [0.25, 0.3) is 0 Å². The van der Waals surface area contributed by atoms with E-state index in [1.807, 2.05) is 0 Å². The molecule has 0 spiro atoms. The van der Waals surface area contributed by atoms with Gasteiger partial charge in [-0.1, -0.05) is 41.4 Å². The zero-order chi connectivity index (χ0) is 15.6. The zero-order valence-electron chi connectivity index (χ0n) is 11.0. The SMILES string of the molecule is CC(Nc1cc(Cl)ccc1Cl)c1ccccc1C(F)(F)F. The molecule has 0 bridgehead atoms. The third-order valence-electron chi connectivity index (χ3n) is 3.03. The molecular formula is C15H12Cl2F3N. The second-order valence-corrected chi connectivity index (χ2v) is 5.42. The summed E-state index contributed by atoms with van der Waals surface area (Å²) in [4.78, 5) is 0. The maximum absolute atomic E-state index is 13.0. The summed E-state index contributed by atoms with van der Waals surface area (Å²) in [5.41, 5.74) is -0.0159. The Balaban J connectivity index is 2.33. The summed E-state index contributed by atoms with van der Waals surface area (Å²) in [6.07, 6.45) is -4.40. The minimum atomic E-state index is -4.40. The van der Waals surface area contributed by atoms with Crippen molar-refractivity contribution in [2.24, 2.45) is 0 Å². The van der Waals surface area contributed by atoms with Gasteiger partial charge in [0.2, 0.25) is 0 Å². The molecule has 6 heteroatoms. The molecule has 0 aliphatic rings. The molecule has 1 nitrogen and oxygen atoms in total. The third-order valence-corrected chi connectivity index (χ3v) is 3.60. The molecule has 21 heavy (non-hydrogen) atoms. The molecule has 0 radical (unpaired) electrons. The Bertz CT molecular complexity index is 641. The van der Waals surface area contributed by atoms with E-state index in [0.717, 1.165) is 6.07 Å². The first-order valence-electron chi connectivity index (χ1n) is 6.16. The van der Waals surface area contributed by atoms with Gasteiger partial charge in [-0.15, -0.1) is 0 Å². The zero-order valence-corrected chi connectivity index (χ0v) is 12.5. The fourth-order valence-corrected chi connectivity index (χ4v) is 2.40. The van der Waals surface area contributed by atoms with Crippen LogP contribution in [0.15, 0.2) is 42.5 Å². The Morgan fingerprint density at radius 2 is 1.71 bits per heavy atom. The topological polar surface area (TPSA) is 12.0 Å². The van der Waals surface area contributed by atoms with E-state index in [1.165, 1.54) is 12.1 Å². The van der Waals surface area contributed by atoms with E-state index >= 15 is 0 Å². The van der Waals surface area contributed by atoms with Crippen LogP contribution in [-0.2, 0) is 6.18 Å². The Morgan fingerprint density at radius 1 is 1.05 bits per heavy atom. The van der Waals surface area contributed by atoms with Crippen LogP contribution in [0.2, 0.25) is 10.0 Å².